The number of nitrogens with one attached hydrogen (secondary N) is 2. The molecule has 0 aromatic heterocycles. The molecule has 0 atom stereocenters. The molecule has 0 aliphatic rings. The Kier molecular flexibility index (Phi) is 15.3. The fourth-order valence-electron chi connectivity index (χ4n) is 2.48. The molecule has 41 heavy (non-hydrogen) atoms. The molecule has 224 valence electrons. The van der Waals surface area contributed by atoms with Gasteiger partial charge in [-0.1, -0.05) is 39.5 Å². The van der Waals surface area contributed by atoms with E-state index in [0.717, 1.165) is 24.3 Å². The Morgan fingerprint density at radius 1 is 0.561 bits per heavy atom. The second kappa shape index (κ2) is 17.4. The first-order valence-electron chi connectivity index (χ1n) is 11.6. The third kappa shape index (κ3) is 15.8. The van der Waals surface area contributed by atoms with Gasteiger partial charge in [0.1, 0.15) is 49.0 Å². The average Bonchev–Trinajstić information content (AvgIpc) is 2.91. The zero-order valence-electron chi connectivity index (χ0n) is 23.0. The van der Waals surface area contributed by atoms with E-state index < -0.39 is 73.6 Å². The highest BCUT2D eigenvalue weighted by Crippen LogP contribution is 2.14. The predicted octanol–water partition coefficient (Wildman–Crippen LogP) is 2.29. The zero-order valence-corrected chi connectivity index (χ0v) is 23.0. The van der Waals surface area contributed by atoms with E-state index >= 15 is 0 Å². The Bertz CT molecular complexity index is 960. The Labute approximate surface area is 237 Å². The van der Waals surface area contributed by atoms with E-state index in [0.29, 0.717) is 0 Å². The molecule has 0 aromatic rings. The number of ether oxygens (including phenoxy) is 6. The number of carbonyl (C=O) groups is 6. The highest BCUT2D eigenvalue weighted by atomic mass is 16.6. The molecule has 0 spiro atoms. The van der Waals surface area contributed by atoms with Gasteiger partial charge >= 0.3 is 36.1 Å². The van der Waals surface area contributed by atoms with Crippen LogP contribution in [0.5, 0.6) is 0 Å². The molecule has 0 aliphatic carbocycles. The van der Waals surface area contributed by atoms with Crippen molar-refractivity contribution in [3.05, 3.63) is 75.3 Å². The van der Waals surface area contributed by atoms with Crippen molar-refractivity contribution in [2.75, 3.05) is 26.4 Å². The summed E-state index contributed by atoms with van der Waals surface area (Å²) in [5.74, 6) is -3.57. The first-order valence-corrected chi connectivity index (χ1v) is 11.6. The first kappa shape index (κ1) is 35.9. The molecule has 0 saturated carbocycles. The summed E-state index contributed by atoms with van der Waals surface area (Å²) in [6, 6.07) is 0. The van der Waals surface area contributed by atoms with Gasteiger partial charge in [-0.2, -0.15) is 0 Å². The number of hydrogen-bond donors (Lipinski definition) is 2. The van der Waals surface area contributed by atoms with Crippen molar-refractivity contribution >= 4 is 36.1 Å². The lowest BCUT2D eigenvalue weighted by Crippen LogP contribution is -2.53. The fraction of sp³-hybridized carbons (Fsp3) is 0.333. The van der Waals surface area contributed by atoms with Gasteiger partial charge in [0, 0.05) is 24.3 Å². The van der Waals surface area contributed by atoms with Crippen molar-refractivity contribution in [2.45, 2.75) is 31.3 Å². The largest absolute Gasteiger partial charge is 0.460 e. The standard InChI is InChI=1S/C27H34N2O12/c1-9-20(30)36-14-26(7,15-37-21(31)10-2)28-24(34)40-18(5)13-19(6)41-25(35)29-27(8,16-38-22(32)11-3)17-39-23(33)12-4/h9-12H,1-6,13-17H2,7-8H3,(H,28,34)(H,29,35). The maximum atomic E-state index is 12.4. The van der Waals surface area contributed by atoms with E-state index in [-0.39, 0.29) is 17.9 Å². The molecule has 2 N–H and O–H groups in total. The number of carbonyl (C=O) groups excluding carboxylic acids is 6. The monoisotopic (exact) mass is 578 g/mol. The SMILES string of the molecule is C=CC(=O)OCC(C)(COC(=O)C=C)NC(=O)OC(=C)CC(=C)OC(=O)NC(C)(COC(=O)C=C)COC(=O)C=C. The van der Waals surface area contributed by atoms with Crippen molar-refractivity contribution in [3.8, 4) is 0 Å². The van der Waals surface area contributed by atoms with E-state index in [1.807, 2.05) is 0 Å². The van der Waals surface area contributed by atoms with Crippen LogP contribution < -0.4 is 10.6 Å². The van der Waals surface area contributed by atoms with Crippen molar-refractivity contribution < 1.29 is 57.2 Å². The second-order valence-corrected chi connectivity index (χ2v) is 8.65. The highest BCUT2D eigenvalue weighted by Gasteiger charge is 2.32. The topological polar surface area (TPSA) is 182 Å². The smallest absolute Gasteiger partial charge is 0.412 e. The summed E-state index contributed by atoms with van der Waals surface area (Å²) in [5.41, 5.74) is -2.84. The van der Waals surface area contributed by atoms with Gasteiger partial charge in [0.2, 0.25) is 0 Å². The molecule has 0 bridgehead atoms. The zero-order chi connectivity index (χ0) is 31.6. The summed E-state index contributed by atoms with van der Waals surface area (Å²) in [5, 5.41) is 4.78. The minimum Gasteiger partial charge on any atom is -0.460 e. The lowest BCUT2D eigenvalue weighted by Gasteiger charge is -2.29. The van der Waals surface area contributed by atoms with Gasteiger partial charge in [0.15, 0.2) is 0 Å². The molecule has 0 radical (unpaired) electrons. The van der Waals surface area contributed by atoms with Crippen molar-refractivity contribution in [1.82, 2.24) is 10.6 Å². The normalized spacial score (nSPS) is 10.4. The molecule has 0 aromatic carbocycles. The third-order valence-electron chi connectivity index (χ3n) is 4.47. The molecular weight excluding hydrogens is 544 g/mol. The molecule has 0 aliphatic heterocycles. The highest BCUT2D eigenvalue weighted by molar-refractivity contribution is 5.82. The van der Waals surface area contributed by atoms with Gasteiger partial charge in [-0.15, -0.1) is 0 Å². The van der Waals surface area contributed by atoms with Crippen LogP contribution >= 0.6 is 0 Å². The molecule has 14 heteroatoms. The molecule has 2 amide bonds. The summed E-state index contributed by atoms with van der Waals surface area (Å²) < 4.78 is 29.9. The van der Waals surface area contributed by atoms with Crippen LogP contribution in [0.25, 0.3) is 0 Å². The van der Waals surface area contributed by atoms with Gasteiger partial charge in [0.25, 0.3) is 0 Å². The molecule has 0 rings (SSSR count). The van der Waals surface area contributed by atoms with Gasteiger partial charge in [-0.05, 0) is 13.8 Å². The van der Waals surface area contributed by atoms with Crippen LogP contribution in [-0.4, -0.2) is 73.6 Å². The van der Waals surface area contributed by atoms with Gasteiger partial charge in [-0.3, -0.25) is 0 Å². The Morgan fingerprint density at radius 3 is 1.02 bits per heavy atom. The molecule has 0 fully saturated rings. The van der Waals surface area contributed by atoms with Crippen LogP contribution in [0.2, 0.25) is 0 Å². The quantitative estimate of drug-likeness (QED) is 0.105. The van der Waals surface area contributed by atoms with E-state index in [1.54, 1.807) is 0 Å². The van der Waals surface area contributed by atoms with Crippen molar-refractivity contribution in [3.63, 3.8) is 0 Å². The third-order valence-corrected chi connectivity index (χ3v) is 4.47. The molecule has 0 heterocycles. The summed E-state index contributed by atoms with van der Waals surface area (Å²) in [6.45, 7) is 21.3. The van der Waals surface area contributed by atoms with E-state index in [9.17, 15) is 28.8 Å². The van der Waals surface area contributed by atoms with Gasteiger partial charge in [-0.25, -0.2) is 28.8 Å². The number of rotatable bonds is 18. The fourth-order valence-corrected chi connectivity index (χ4v) is 2.48. The van der Waals surface area contributed by atoms with Crippen LogP contribution in [0.1, 0.15) is 20.3 Å². The Hall–Kier alpha value is -5.14. The average molecular weight is 579 g/mol. The van der Waals surface area contributed by atoms with E-state index in [2.05, 4.69) is 50.1 Å². The Balaban J connectivity index is 5.13. The number of amides is 2. The molecule has 0 saturated heterocycles. The van der Waals surface area contributed by atoms with Crippen LogP contribution in [0.15, 0.2) is 75.3 Å². The summed E-state index contributed by atoms with van der Waals surface area (Å²) >= 11 is 0. The van der Waals surface area contributed by atoms with Gasteiger partial charge < -0.3 is 39.1 Å². The van der Waals surface area contributed by atoms with Crippen LogP contribution in [0.4, 0.5) is 9.59 Å². The minimum atomic E-state index is -1.42. The summed E-state index contributed by atoms with van der Waals surface area (Å²) in [4.78, 5) is 70.6. The van der Waals surface area contributed by atoms with E-state index in [1.165, 1.54) is 13.8 Å². The molecular formula is C27H34N2O12. The molecule has 0 unspecified atom stereocenters. The lowest BCUT2D eigenvalue weighted by molar-refractivity contribution is -0.145. The second-order valence-electron chi connectivity index (χ2n) is 8.65. The van der Waals surface area contributed by atoms with Crippen LogP contribution in [-0.2, 0) is 47.6 Å². The van der Waals surface area contributed by atoms with Crippen molar-refractivity contribution in [2.24, 2.45) is 0 Å². The maximum absolute atomic E-state index is 12.4. The minimum absolute atomic E-state index is 0.212. The lowest BCUT2D eigenvalue weighted by atomic mass is 10.1. The first-order chi connectivity index (χ1) is 19.1. The van der Waals surface area contributed by atoms with Crippen LogP contribution in [0, 0.1) is 0 Å². The summed E-state index contributed by atoms with van der Waals surface area (Å²) in [6.07, 6.45) is 1.15. The number of hydrogen-bond acceptors (Lipinski definition) is 12. The van der Waals surface area contributed by atoms with Crippen molar-refractivity contribution in [1.29, 1.82) is 0 Å². The molecule has 14 nitrogen and oxygen atoms in total. The summed E-state index contributed by atoms with van der Waals surface area (Å²) in [7, 11) is 0. The van der Waals surface area contributed by atoms with Gasteiger partial charge in [0.05, 0.1) is 6.42 Å². The van der Waals surface area contributed by atoms with E-state index in [4.69, 9.17) is 28.4 Å². The number of alkyl carbamates (subject to hydrolysis) is 2. The maximum Gasteiger partial charge on any atom is 0.412 e. The van der Waals surface area contributed by atoms with Crippen LogP contribution in [0.3, 0.4) is 0 Å². The number of esters is 4. The Morgan fingerprint density at radius 2 is 0.805 bits per heavy atom. The predicted molar refractivity (Wildman–Crippen MR) is 144 cm³/mol.